The zero-order valence-corrected chi connectivity index (χ0v) is 12.3. The molecule has 6 nitrogen and oxygen atoms in total. The highest BCUT2D eigenvalue weighted by Gasteiger charge is 2.30. The van der Waals surface area contributed by atoms with Gasteiger partial charge in [-0.2, -0.15) is 0 Å². The summed E-state index contributed by atoms with van der Waals surface area (Å²) in [4.78, 5) is 35.2. The van der Waals surface area contributed by atoms with Gasteiger partial charge in [-0.15, -0.1) is 0 Å². The number of hydrogen-bond donors (Lipinski definition) is 2. The standard InChI is InChI=1S/C16H20N2O4/c17-14(19)10-12(9-11-5-2-1-3-6-11)15(20)22-16(21)13-7-4-8-18-13/h1-3,5-6,12-13,18H,4,7-10H2,(H2,17,19)/t12?,13-/m0/s1. The summed E-state index contributed by atoms with van der Waals surface area (Å²) >= 11 is 0. The van der Waals surface area contributed by atoms with Gasteiger partial charge in [0.05, 0.1) is 5.92 Å². The molecule has 1 saturated heterocycles. The summed E-state index contributed by atoms with van der Waals surface area (Å²) in [6.45, 7) is 0.739. The normalized spacial score (nSPS) is 18.6. The second kappa shape index (κ2) is 7.70. The number of hydrogen-bond acceptors (Lipinski definition) is 5. The van der Waals surface area contributed by atoms with Crippen LogP contribution in [0.15, 0.2) is 30.3 Å². The number of primary amides is 1. The number of ether oxygens (including phenoxy) is 1. The van der Waals surface area contributed by atoms with E-state index in [9.17, 15) is 14.4 Å². The number of carbonyl (C=O) groups is 3. The van der Waals surface area contributed by atoms with Crippen LogP contribution in [0.5, 0.6) is 0 Å². The van der Waals surface area contributed by atoms with E-state index in [1.165, 1.54) is 0 Å². The molecular weight excluding hydrogens is 284 g/mol. The van der Waals surface area contributed by atoms with Crippen LogP contribution < -0.4 is 11.1 Å². The topological polar surface area (TPSA) is 98.5 Å². The Balaban J connectivity index is 1.99. The molecule has 22 heavy (non-hydrogen) atoms. The summed E-state index contributed by atoms with van der Waals surface area (Å²) in [5.41, 5.74) is 6.08. The van der Waals surface area contributed by atoms with Crippen molar-refractivity contribution in [2.24, 2.45) is 11.7 Å². The molecule has 1 aromatic rings. The first-order valence-corrected chi connectivity index (χ1v) is 7.37. The zero-order chi connectivity index (χ0) is 15.9. The lowest BCUT2D eigenvalue weighted by Crippen LogP contribution is -2.36. The summed E-state index contributed by atoms with van der Waals surface area (Å²) in [5, 5.41) is 2.97. The third kappa shape index (κ3) is 4.66. The second-order valence-electron chi connectivity index (χ2n) is 5.45. The Morgan fingerprint density at radius 3 is 2.59 bits per heavy atom. The Labute approximate surface area is 129 Å². The Hall–Kier alpha value is -2.21. The van der Waals surface area contributed by atoms with Crippen LogP contribution in [0.3, 0.4) is 0 Å². The number of benzene rings is 1. The summed E-state index contributed by atoms with van der Waals surface area (Å²) in [6, 6.07) is 8.81. The number of rotatable bonds is 6. The molecule has 1 fully saturated rings. The quantitative estimate of drug-likeness (QED) is 0.590. The second-order valence-corrected chi connectivity index (χ2v) is 5.45. The highest BCUT2D eigenvalue weighted by Crippen LogP contribution is 2.15. The number of esters is 2. The van der Waals surface area contributed by atoms with Gasteiger partial charge in [-0.1, -0.05) is 30.3 Å². The minimum atomic E-state index is -0.745. The van der Waals surface area contributed by atoms with Crippen LogP contribution in [0.1, 0.15) is 24.8 Å². The van der Waals surface area contributed by atoms with Crippen molar-refractivity contribution in [3.8, 4) is 0 Å². The maximum Gasteiger partial charge on any atom is 0.330 e. The van der Waals surface area contributed by atoms with E-state index in [0.29, 0.717) is 12.8 Å². The first kappa shape index (κ1) is 16.2. The van der Waals surface area contributed by atoms with Gasteiger partial charge >= 0.3 is 11.9 Å². The van der Waals surface area contributed by atoms with Crippen LogP contribution in [0.2, 0.25) is 0 Å². The Bertz CT molecular complexity index is 538. The van der Waals surface area contributed by atoms with Crippen molar-refractivity contribution in [2.45, 2.75) is 31.7 Å². The van der Waals surface area contributed by atoms with Crippen molar-refractivity contribution in [1.29, 1.82) is 0 Å². The smallest absolute Gasteiger partial charge is 0.330 e. The van der Waals surface area contributed by atoms with E-state index in [-0.39, 0.29) is 6.42 Å². The van der Waals surface area contributed by atoms with E-state index < -0.39 is 29.8 Å². The van der Waals surface area contributed by atoms with E-state index in [2.05, 4.69) is 5.32 Å². The van der Waals surface area contributed by atoms with Crippen LogP contribution >= 0.6 is 0 Å². The third-order valence-electron chi connectivity index (χ3n) is 3.65. The first-order valence-electron chi connectivity index (χ1n) is 7.37. The largest absolute Gasteiger partial charge is 0.392 e. The molecule has 1 aromatic carbocycles. The molecule has 0 spiro atoms. The van der Waals surface area contributed by atoms with Crippen LogP contribution in [0, 0.1) is 5.92 Å². The minimum Gasteiger partial charge on any atom is -0.392 e. The molecule has 1 aliphatic heterocycles. The van der Waals surface area contributed by atoms with Gasteiger partial charge in [-0.3, -0.25) is 9.59 Å². The van der Waals surface area contributed by atoms with Gasteiger partial charge in [-0.25, -0.2) is 4.79 Å². The zero-order valence-electron chi connectivity index (χ0n) is 12.3. The lowest BCUT2D eigenvalue weighted by molar-refractivity contribution is -0.164. The van der Waals surface area contributed by atoms with Gasteiger partial charge < -0.3 is 15.8 Å². The molecule has 0 saturated carbocycles. The molecule has 0 bridgehead atoms. The van der Waals surface area contributed by atoms with Crippen molar-refractivity contribution in [3.05, 3.63) is 35.9 Å². The summed E-state index contributed by atoms with van der Waals surface area (Å²) < 4.78 is 4.92. The molecule has 118 valence electrons. The molecular formula is C16H20N2O4. The van der Waals surface area contributed by atoms with Gasteiger partial charge in [0, 0.05) is 6.42 Å². The number of amides is 1. The monoisotopic (exact) mass is 304 g/mol. The van der Waals surface area contributed by atoms with Crippen molar-refractivity contribution in [1.82, 2.24) is 5.32 Å². The van der Waals surface area contributed by atoms with E-state index in [1.54, 1.807) is 0 Å². The van der Waals surface area contributed by atoms with Crippen LogP contribution in [-0.4, -0.2) is 30.4 Å². The number of nitrogens with one attached hydrogen (secondary N) is 1. The molecule has 2 rings (SSSR count). The van der Waals surface area contributed by atoms with Crippen LogP contribution in [-0.2, 0) is 25.5 Å². The SMILES string of the molecule is NC(=O)CC(Cc1ccccc1)C(=O)OC(=O)[C@@H]1CCCN1. The van der Waals surface area contributed by atoms with E-state index in [0.717, 1.165) is 18.5 Å². The Morgan fingerprint density at radius 1 is 1.27 bits per heavy atom. The molecule has 1 aliphatic rings. The van der Waals surface area contributed by atoms with E-state index in [4.69, 9.17) is 10.5 Å². The maximum atomic E-state index is 12.2. The van der Waals surface area contributed by atoms with Gasteiger partial charge in [0.2, 0.25) is 5.91 Å². The fourth-order valence-electron chi connectivity index (χ4n) is 2.52. The van der Waals surface area contributed by atoms with E-state index >= 15 is 0 Å². The molecule has 1 heterocycles. The van der Waals surface area contributed by atoms with Gasteiger partial charge in [-0.05, 0) is 31.4 Å². The molecule has 0 radical (unpaired) electrons. The van der Waals surface area contributed by atoms with Gasteiger partial charge in [0.25, 0.3) is 0 Å². The molecule has 1 unspecified atom stereocenters. The van der Waals surface area contributed by atoms with Crippen LogP contribution in [0.25, 0.3) is 0 Å². The first-order chi connectivity index (χ1) is 10.6. The lowest BCUT2D eigenvalue weighted by Gasteiger charge is -2.15. The predicted octanol–water partition coefficient (Wildman–Crippen LogP) is 0.542. The summed E-state index contributed by atoms with van der Waals surface area (Å²) in [7, 11) is 0. The summed E-state index contributed by atoms with van der Waals surface area (Å²) in [5.74, 6) is -2.61. The highest BCUT2D eigenvalue weighted by atomic mass is 16.6. The predicted molar refractivity (Wildman–Crippen MR) is 79.6 cm³/mol. The Kier molecular flexibility index (Phi) is 5.66. The van der Waals surface area contributed by atoms with Crippen molar-refractivity contribution < 1.29 is 19.1 Å². The lowest BCUT2D eigenvalue weighted by atomic mass is 9.96. The van der Waals surface area contributed by atoms with Crippen molar-refractivity contribution in [2.75, 3.05) is 6.54 Å². The van der Waals surface area contributed by atoms with Crippen molar-refractivity contribution >= 4 is 17.8 Å². The van der Waals surface area contributed by atoms with E-state index in [1.807, 2.05) is 30.3 Å². The fraction of sp³-hybridized carbons (Fsp3) is 0.438. The highest BCUT2D eigenvalue weighted by molar-refractivity contribution is 5.91. The molecule has 1 amide bonds. The number of nitrogens with two attached hydrogens (primary N) is 1. The fourth-order valence-corrected chi connectivity index (χ4v) is 2.52. The maximum absolute atomic E-state index is 12.2. The molecule has 3 N–H and O–H groups in total. The molecule has 0 aliphatic carbocycles. The average molecular weight is 304 g/mol. The molecule has 2 atom stereocenters. The Morgan fingerprint density at radius 2 is 2.00 bits per heavy atom. The van der Waals surface area contributed by atoms with Crippen LogP contribution in [0.4, 0.5) is 0 Å². The average Bonchev–Trinajstić information content (AvgIpc) is 3.01. The minimum absolute atomic E-state index is 0.140. The van der Waals surface area contributed by atoms with Crippen molar-refractivity contribution in [3.63, 3.8) is 0 Å². The third-order valence-corrected chi connectivity index (χ3v) is 3.65. The van der Waals surface area contributed by atoms with Gasteiger partial charge in [0.15, 0.2) is 0 Å². The molecule has 6 heteroatoms. The molecule has 0 aromatic heterocycles. The summed E-state index contributed by atoms with van der Waals surface area (Å²) in [6.07, 6.45) is 1.71. The van der Waals surface area contributed by atoms with Gasteiger partial charge in [0.1, 0.15) is 6.04 Å². The number of carbonyl (C=O) groups excluding carboxylic acids is 3.